The molecule has 5 heteroatoms. The summed E-state index contributed by atoms with van der Waals surface area (Å²) in [5.41, 5.74) is 2.26. The largest absolute Gasteiger partial charge is 0.371 e. The lowest BCUT2D eigenvalue weighted by atomic mass is 9.92. The number of terminal acetylenes is 1. The van der Waals surface area contributed by atoms with E-state index in [-0.39, 0.29) is 31.6 Å². The molecule has 0 unspecified atom stereocenters. The van der Waals surface area contributed by atoms with E-state index >= 15 is 0 Å². The molecule has 26 heavy (non-hydrogen) atoms. The molecule has 0 aromatic heterocycles. The van der Waals surface area contributed by atoms with Crippen LogP contribution in [-0.4, -0.2) is 49.6 Å². The molecule has 2 aromatic rings. The van der Waals surface area contributed by atoms with Gasteiger partial charge in [-0.05, 0) is 31.0 Å². The zero-order valence-corrected chi connectivity index (χ0v) is 14.5. The first-order valence-electron chi connectivity index (χ1n) is 8.90. The van der Waals surface area contributed by atoms with Crippen LogP contribution < -0.4 is 4.90 Å². The predicted molar refractivity (Wildman–Crippen MR) is 100 cm³/mol. The Bertz CT molecular complexity index is 900. The van der Waals surface area contributed by atoms with Gasteiger partial charge >= 0.3 is 0 Å². The average Bonchev–Trinajstić information content (AvgIpc) is 3.19. The van der Waals surface area contributed by atoms with Gasteiger partial charge < -0.3 is 9.64 Å². The van der Waals surface area contributed by atoms with Crippen LogP contribution in [0.15, 0.2) is 30.3 Å². The lowest BCUT2D eigenvalue weighted by Gasteiger charge is -2.29. The molecule has 2 aliphatic heterocycles. The van der Waals surface area contributed by atoms with Gasteiger partial charge in [-0.2, -0.15) is 0 Å². The number of hydrogen-bond acceptors (Lipinski definition) is 4. The third-order valence-corrected chi connectivity index (χ3v) is 5.06. The van der Waals surface area contributed by atoms with E-state index in [4.69, 9.17) is 11.2 Å². The maximum atomic E-state index is 12.9. The van der Waals surface area contributed by atoms with E-state index in [9.17, 15) is 9.59 Å². The molecule has 1 fully saturated rings. The minimum Gasteiger partial charge on any atom is -0.371 e. The summed E-state index contributed by atoms with van der Waals surface area (Å²) >= 11 is 0. The molecular weight excluding hydrogens is 328 g/mol. The Labute approximate surface area is 152 Å². The van der Waals surface area contributed by atoms with E-state index in [1.54, 1.807) is 6.07 Å². The Balaban J connectivity index is 1.74. The van der Waals surface area contributed by atoms with Crippen LogP contribution in [0.5, 0.6) is 0 Å². The summed E-state index contributed by atoms with van der Waals surface area (Å²) in [6, 6.07) is 9.55. The van der Waals surface area contributed by atoms with Crippen LogP contribution in [0.25, 0.3) is 10.8 Å². The summed E-state index contributed by atoms with van der Waals surface area (Å²) in [6.07, 6.45) is 7.50. The quantitative estimate of drug-likeness (QED) is 0.474. The molecule has 2 aliphatic rings. The fraction of sp³-hybridized carbons (Fsp3) is 0.333. The van der Waals surface area contributed by atoms with Crippen LogP contribution in [0.3, 0.4) is 0 Å². The highest BCUT2D eigenvalue weighted by Crippen LogP contribution is 2.36. The summed E-state index contributed by atoms with van der Waals surface area (Å²) < 4.78 is 5.24. The summed E-state index contributed by atoms with van der Waals surface area (Å²) in [5, 5.41) is 1.75. The molecule has 2 amide bonds. The van der Waals surface area contributed by atoms with E-state index in [0.717, 1.165) is 29.5 Å². The fourth-order valence-corrected chi connectivity index (χ4v) is 3.85. The molecule has 0 spiro atoms. The van der Waals surface area contributed by atoms with Crippen molar-refractivity contribution in [1.29, 1.82) is 0 Å². The van der Waals surface area contributed by atoms with Crippen LogP contribution in [0.1, 0.15) is 33.6 Å². The summed E-state index contributed by atoms with van der Waals surface area (Å²) in [6.45, 7) is 2.63. The van der Waals surface area contributed by atoms with Crippen molar-refractivity contribution in [3.05, 3.63) is 41.5 Å². The topological polar surface area (TPSA) is 49.9 Å². The Kier molecular flexibility index (Phi) is 4.36. The number of ether oxygens (including phenoxy) is 1. The van der Waals surface area contributed by atoms with E-state index in [1.165, 1.54) is 17.7 Å². The first kappa shape index (κ1) is 16.6. The molecule has 2 heterocycles. The molecule has 0 radical (unpaired) electrons. The monoisotopic (exact) mass is 348 g/mol. The number of amides is 2. The number of carbonyl (C=O) groups excluding carboxylic acids is 2. The maximum Gasteiger partial charge on any atom is 0.261 e. The minimum absolute atomic E-state index is 0.168. The van der Waals surface area contributed by atoms with Gasteiger partial charge in [-0.25, -0.2) is 0 Å². The van der Waals surface area contributed by atoms with Gasteiger partial charge in [0.1, 0.15) is 6.61 Å². The first-order valence-corrected chi connectivity index (χ1v) is 8.90. The van der Waals surface area contributed by atoms with Crippen molar-refractivity contribution in [3.63, 3.8) is 0 Å². The van der Waals surface area contributed by atoms with Gasteiger partial charge in [0.25, 0.3) is 11.8 Å². The van der Waals surface area contributed by atoms with Crippen molar-refractivity contribution in [3.8, 4) is 12.3 Å². The molecule has 1 saturated heterocycles. The smallest absolute Gasteiger partial charge is 0.261 e. The number of nitrogens with zero attached hydrogens (tertiary/aromatic N) is 2. The SMILES string of the molecule is C#CCOCCN1C(=O)c2cccc3c(N4CCCC4)ccc(c23)C1=O. The molecule has 132 valence electrons. The predicted octanol–water partition coefficient (Wildman–Crippen LogP) is 2.69. The Morgan fingerprint density at radius 3 is 2.50 bits per heavy atom. The third-order valence-electron chi connectivity index (χ3n) is 5.06. The van der Waals surface area contributed by atoms with Crippen LogP contribution in [-0.2, 0) is 4.74 Å². The number of imide groups is 1. The van der Waals surface area contributed by atoms with Crippen molar-refractivity contribution in [2.45, 2.75) is 12.8 Å². The Morgan fingerprint density at radius 2 is 1.77 bits per heavy atom. The standard InChI is InChI=1S/C21H20N2O3/c1-2-13-26-14-12-23-20(24)16-7-5-6-15-18(22-10-3-4-11-22)9-8-17(19(15)16)21(23)25/h1,5-9H,3-4,10-14H2. The number of hydrogen-bond donors (Lipinski definition) is 0. The highest BCUT2D eigenvalue weighted by molar-refractivity contribution is 6.26. The van der Waals surface area contributed by atoms with Gasteiger partial charge in [0, 0.05) is 40.7 Å². The van der Waals surface area contributed by atoms with Crippen molar-refractivity contribution in [2.75, 3.05) is 37.7 Å². The molecule has 0 atom stereocenters. The number of rotatable bonds is 5. The molecule has 4 rings (SSSR count). The van der Waals surface area contributed by atoms with Crippen LogP contribution in [0, 0.1) is 12.3 Å². The maximum absolute atomic E-state index is 12.9. The van der Waals surface area contributed by atoms with Crippen molar-refractivity contribution < 1.29 is 14.3 Å². The second-order valence-electron chi connectivity index (χ2n) is 6.57. The molecule has 0 bridgehead atoms. The number of carbonyl (C=O) groups is 2. The lowest BCUT2D eigenvalue weighted by molar-refractivity contribution is 0.0545. The van der Waals surface area contributed by atoms with E-state index in [1.807, 2.05) is 24.3 Å². The van der Waals surface area contributed by atoms with Gasteiger partial charge in [-0.1, -0.05) is 18.1 Å². The molecule has 0 saturated carbocycles. The Morgan fingerprint density at radius 1 is 1.04 bits per heavy atom. The van der Waals surface area contributed by atoms with Crippen LogP contribution in [0.4, 0.5) is 5.69 Å². The average molecular weight is 348 g/mol. The summed E-state index contributed by atoms with van der Waals surface area (Å²) in [4.78, 5) is 29.4. The van der Waals surface area contributed by atoms with Crippen molar-refractivity contribution >= 4 is 28.3 Å². The third kappa shape index (κ3) is 2.63. The second-order valence-corrected chi connectivity index (χ2v) is 6.57. The number of benzene rings is 2. The normalized spacial score (nSPS) is 16.4. The van der Waals surface area contributed by atoms with Gasteiger partial charge in [-0.3, -0.25) is 14.5 Å². The van der Waals surface area contributed by atoms with Gasteiger partial charge in [0.05, 0.1) is 13.2 Å². The zero-order valence-electron chi connectivity index (χ0n) is 14.5. The van der Waals surface area contributed by atoms with Gasteiger partial charge in [-0.15, -0.1) is 6.42 Å². The summed E-state index contributed by atoms with van der Waals surface area (Å²) in [5.74, 6) is 1.84. The molecule has 0 aliphatic carbocycles. The highest BCUT2D eigenvalue weighted by atomic mass is 16.5. The second kappa shape index (κ2) is 6.81. The van der Waals surface area contributed by atoms with Crippen LogP contribution in [0.2, 0.25) is 0 Å². The molecule has 0 N–H and O–H groups in total. The number of anilines is 1. The lowest BCUT2D eigenvalue weighted by Crippen LogP contribution is -2.42. The van der Waals surface area contributed by atoms with Gasteiger partial charge in [0.2, 0.25) is 0 Å². The summed E-state index contributed by atoms with van der Waals surface area (Å²) in [7, 11) is 0. The van der Waals surface area contributed by atoms with Gasteiger partial charge in [0.15, 0.2) is 0 Å². The van der Waals surface area contributed by atoms with Crippen molar-refractivity contribution in [2.24, 2.45) is 0 Å². The van der Waals surface area contributed by atoms with E-state index < -0.39 is 0 Å². The molecular formula is C21H20N2O3. The molecule has 2 aromatic carbocycles. The fourth-order valence-electron chi connectivity index (χ4n) is 3.85. The minimum atomic E-state index is -0.268. The molecule has 5 nitrogen and oxygen atoms in total. The van der Waals surface area contributed by atoms with E-state index in [2.05, 4.69) is 10.8 Å². The Hall–Kier alpha value is -2.84. The van der Waals surface area contributed by atoms with Crippen LogP contribution >= 0.6 is 0 Å². The zero-order chi connectivity index (χ0) is 18.1. The highest BCUT2D eigenvalue weighted by Gasteiger charge is 2.33. The van der Waals surface area contributed by atoms with E-state index in [0.29, 0.717) is 11.1 Å². The van der Waals surface area contributed by atoms with Crippen molar-refractivity contribution in [1.82, 2.24) is 4.90 Å². The first-order chi connectivity index (χ1) is 12.7.